The number of nitro benzene ring substituents is 1. The van der Waals surface area contributed by atoms with Crippen molar-refractivity contribution in [1.82, 2.24) is 14.7 Å². The summed E-state index contributed by atoms with van der Waals surface area (Å²) in [5.41, 5.74) is -0.0195. The van der Waals surface area contributed by atoms with Crippen LogP contribution in [-0.2, 0) is 0 Å². The molecule has 1 aromatic carbocycles. The van der Waals surface area contributed by atoms with Gasteiger partial charge in [0, 0.05) is 52.9 Å². The molecule has 23 heavy (non-hydrogen) atoms. The molecule has 0 aliphatic carbocycles. The normalized spacial score (nSPS) is 15.3. The minimum atomic E-state index is -0.443. The largest absolute Gasteiger partial charge is 0.485 e. The molecular weight excluding hydrogens is 300 g/mol. The molecule has 0 N–H and O–H groups in total. The van der Waals surface area contributed by atoms with Crippen molar-refractivity contribution in [3.8, 4) is 5.75 Å². The predicted molar refractivity (Wildman–Crippen MR) is 85.7 cm³/mol. The second kappa shape index (κ2) is 7.77. The smallest absolute Gasteiger partial charge is 0.319 e. The van der Waals surface area contributed by atoms with Crippen molar-refractivity contribution in [1.29, 1.82) is 0 Å². The summed E-state index contributed by atoms with van der Waals surface area (Å²) in [6, 6.07) is 6.40. The fourth-order valence-electron chi connectivity index (χ4n) is 2.46. The lowest BCUT2D eigenvalue weighted by Crippen LogP contribution is -2.52. The molecular formula is C15H22N4O4. The summed E-state index contributed by atoms with van der Waals surface area (Å²) in [7, 11) is 3.49. The molecule has 1 saturated heterocycles. The van der Waals surface area contributed by atoms with Gasteiger partial charge in [-0.25, -0.2) is 4.79 Å². The first-order chi connectivity index (χ1) is 11.0. The Morgan fingerprint density at radius 3 is 2.52 bits per heavy atom. The molecule has 0 radical (unpaired) electrons. The second-order valence-corrected chi connectivity index (χ2v) is 5.58. The molecule has 8 heteroatoms. The maximum absolute atomic E-state index is 11.8. The molecule has 126 valence electrons. The molecule has 0 spiro atoms. The number of nitrogens with zero attached hydrogens (tertiary/aromatic N) is 4. The predicted octanol–water partition coefficient (Wildman–Crippen LogP) is 1.27. The molecule has 0 aromatic heterocycles. The molecule has 1 aromatic rings. The first kappa shape index (κ1) is 17.0. The van der Waals surface area contributed by atoms with Crippen LogP contribution in [0.1, 0.15) is 0 Å². The van der Waals surface area contributed by atoms with Gasteiger partial charge in [0.1, 0.15) is 6.61 Å². The number of nitro groups is 1. The van der Waals surface area contributed by atoms with Crippen molar-refractivity contribution in [3.05, 3.63) is 34.4 Å². The SMILES string of the molecule is CN(C)C(=O)N1CCN(CCOc2ccccc2[N+](=O)[O-])CC1. The summed E-state index contributed by atoms with van der Waals surface area (Å²) in [6.07, 6.45) is 0. The Morgan fingerprint density at radius 2 is 1.91 bits per heavy atom. The summed E-state index contributed by atoms with van der Waals surface area (Å²) in [4.78, 5) is 27.9. The van der Waals surface area contributed by atoms with Gasteiger partial charge in [-0.1, -0.05) is 12.1 Å². The van der Waals surface area contributed by atoms with E-state index >= 15 is 0 Å². The highest BCUT2D eigenvalue weighted by Gasteiger charge is 2.22. The zero-order valence-electron chi connectivity index (χ0n) is 13.5. The van der Waals surface area contributed by atoms with Gasteiger partial charge in [-0.3, -0.25) is 15.0 Å². The van der Waals surface area contributed by atoms with E-state index in [0.717, 1.165) is 13.1 Å². The highest BCUT2D eigenvalue weighted by atomic mass is 16.6. The van der Waals surface area contributed by atoms with Crippen LogP contribution in [0.4, 0.5) is 10.5 Å². The maximum Gasteiger partial charge on any atom is 0.319 e. The van der Waals surface area contributed by atoms with E-state index in [2.05, 4.69) is 4.90 Å². The van der Waals surface area contributed by atoms with Gasteiger partial charge in [-0.15, -0.1) is 0 Å². The topological polar surface area (TPSA) is 79.2 Å². The van der Waals surface area contributed by atoms with Gasteiger partial charge in [0.2, 0.25) is 0 Å². The molecule has 0 bridgehead atoms. The van der Waals surface area contributed by atoms with Crippen molar-refractivity contribution < 1.29 is 14.5 Å². The van der Waals surface area contributed by atoms with E-state index in [1.165, 1.54) is 6.07 Å². The molecule has 0 atom stereocenters. The molecule has 0 unspecified atom stereocenters. The number of para-hydroxylation sites is 2. The van der Waals surface area contributed by atoms with Gasteiger partial charge in [0.05, 0.1) is 4.92 Å². The summed E-state index contributed by atoms with van der Waals surface area (Å²) in [6.45, 7) is 3.98. The zero-order valence-corrected chi connectivity index (χ0v) is 13.5. The van der Waals surface area contributed by atoms with E-state index in [-0.39, 0.29) is 11.7 Å². The van der Waals surface area contributed by atoms with Crippen molar-refractivity contribution >= 4 is 11.7 Å². The summed E-state index contributed by atoms with van der Waals surface area (Å²) >= 11 is 0. The van der Waals surface area contributed by atoms with Crippen molar-refractivity contribution in [2.45, 2.75) is 0 Å². The third kappa shape index (κ3) is 4.56. The highest BCUT2D eigenvalue weighted by molar-refractivity contribution is 5.73. The van der Waals surface area contributed by atoms with Crippen molar-refractivity contribution in [3.63, 3.8) is 0 Å². The van der Waals surface area contributed by atoms with Gasteiger partial charge < -0.3 is 14.5 Å². The first-order valence-electron chi connectivity index (χ1n) is 7.54. The second-order valence-electron chi connectivity index (χ2n) is 5.58. The zero-order chi connectivity index (χ0) is 16.8. The molecule has 2 amide bonds. The first-order valence-corrected chi connectivity index (χ1v) is 7.54. The Morgan fingerprint density at radius 1 is 1.26 bits per heavy atom. The number of hydrogen-bond acceptors (Lipinski definition) is 5. The lowest BCUT2D eigenvalue weighted by atomic mass is 10.3. The van der Waals surface area contributed by atoms with E-state index in [1.54, 1.807) is 37.2 Å². The molecule has 1 heterocycles. The number of urea groups is 1. The molecule has 1 fully saturated rings. The average Bonchev–Trinajstić information content (AvgIpc) is 2.55. The number of hydrogen-bond donors (Lipinski definition) is 0. The van der Waals surface area contributed by atoms with Gasteiger partial charge >= 0.3 is 11.7 Å². The Hall–Kier alpha value is -2.35. The van der Waals surface area contributed by atoms with Crippen LogP contribution in [0, 0.1) is 10.1 Å². The van der Waals surface area contributed by atoms with Gasteiger partial charge in [-0.2, -0.15) is 0 Å². The van der Waals surface area contributed by atoms with E-state index in [1.807, 2.05) is 4.90 Å². The molecule has 1 aliphatic heterocycles. The quantitative estimate of drug-likeness (QED) is 0.602. The average molecular weight is 322 g/mol. The summed E-state index contributed by atoms with van der Waals surface area (Å²) < 4.78 is 5.54. The maximum atomic E-state index is 11.8. The number of rotatable bonds is 5. The van der Waals surface area contributed by atoms with Gasteiger partial charge in [-0.05, 0) is 6.07 Å². The van der Waals surface area contributed by atoms with E-state index in [4.69, 9.17) is 4.74 Å². The minimum absolute atomic E-state index is 0.0195. The highest BCUT2D eigenvalue weighted by Crippen LogP contribution is 2.25. The van der Waals surface area contributed by atoms with Crippen LogP contribution in [0.3, 0.4) is 0 Å². The van der Waals surface area contributed by atoms with E-state index in [9.17, 15) is 14.9 Å². The van der Waals surface area contributed by atoms with Crippen LogP contribution in [0.2, 0.25) is 0 Å². The van der Waals surface area contributed by atoms with Crippen molar-refractivity contribution in [2.24, 2.45) is 0 Å². The monoisotopic (exact) mass is 322 g/mol. The Labute approximate surface area is 135 Å². The standard InChI is InChI=1S/C15H22N4O4/c1-16(2)15(20)18-9-7-17(8-10-18)11-12-23-14-6-4-3-5-13(14)19(21)22/h3-6H,7-12H2,1-2H3. The number of carbonyl (C=O) groups is 1. The van der Waals surface area contributed by atoms with Crippen LogP contribution < -0.4 is 4.74 Å². The third-order valence-corrected chi connectivity index (χ3v) is 3.75. The van der Waals surface area contributed by atoms with Gasteiger partial charge in [0.25, 0.3) is 0 Å². The lowest BCUT2D eigenvalue weighted by Gasteiger charge is -2.35. The Balaban J connectivity index is 1.76. The molecule has 1 aliphatic rings. The van der Waals surface area contributed by atoms with Crippen LogP contribution in [0.25, 0.3) is 0 Å². The molecule has 8 nitrogen and oxygen atoms in total. The fourth-order valence-corrected chi connectivity index (χ4v) is 2.46. The number of piperazine rings is 1. The van der Waals surface area contributed by atoms with Crippen LogP contribution in [0.5, 0.6) is 5.75 Å². The Kier molecular flexibility index (Phi) is 5.75. The Bertz CT molecular complexity index is 556. The number of ether oxygens (including phenoxy) is 1. The number of benzene rings is 1. The van der Waals surface area contributed by atoms with Gasteiger partial charge in [0.15, 0.2) is 5.75 Å². The minimum Gasteiger partial charge on any atom is -0.485 e. The van der Waals surface area contributed by atoms with E-state index in [0.29, 0.717) is 32.0 Å². The number of amides is 2. The number of carbonyl (C=O) groups excluding carboxylic acids is 1. The fraction of sp³-hybridized carbons (Fsp3) is 0.533. The summed E-state index contributed by atoms with van der Waals surface area (Å²) in [5.74, 6) is 0.291. The van der Waals surface area contributed by atoms with Crippen molar-refractivity contribution in [2.75, 3.05) is 53.4 Å². The van der Waals surface area contributed by atoms with Crippen LogP contribution in [0.15, 0.2) is 24.3 Å². The molecule has 2 rings (SSSR count). The summed E-state index contributed by atoms with van der Waals surface area (Å²) in [5, 5.41) is 10.9. The third-order valence-electron chi connectivity index (χ3n) is 3.75. The lowest BCUT2D eigenvalue weighted by molar-refractivity contribution is -0.385. The van der Waals surface area contributed by atoms with E-state index < -0.39 is 4.92 Å². The molecule has 0 saturated carbocycles. The van der Waals surface area contributed by atoms with Crippen LogP contribution >= 0.6 is 0 Å². The van der Waals surface area contributed by atoms with Crippen LogP contribution in [-0.4, -0.2) is 79.1 Å².